The summed E-state index contributed by atoms with van der Waals surface area (Å²) in [7, 11) is 0. The topological polar surface area (TPSA) is 67.4 Å². The van der Waals surface area contributed by atoms with Crippen LogP contribution in [0.15, 0.2) is 78.2 Å². The Bertz CT molecular complexity index is 1130. The molecule has 0 aliphatic rings. The van der Waals surface area contributed by atoms with E-state index in [2.05, 4.69) is 57.0 Å². The fraction of sp³-hybridized carbons (Fsp3) is 0.130. The third-order valence-electron chi connectivity index (χ3n) is 4.63. The first kappa shape index (κ1) is 18.9. The van der Waals surface area contributed by atoms with Crippen LogP contribution in [0.3, 0.4) is 0 Å². The largest absolute Gasteiger partial charge is 0.270 e. The third kappa shape index (κ3) is 4.20. The van der Waals surface area contributed by atoms with Gasteiger partial charge in [0.1, 0.15) is 0 Å². The van der Waals surface area contributed by atoms with E-state index in [0.717, 1.165) is 40.0 Å². The lowest BCUT2D eigenvalue weighted by atomic mass is 10.1. The average Bonchev–Trinajstić information content (AvgIpc) is 3.22. The summed E-state index contributed by atoms with van der Waals surface area (Å²) in [4.78, 5) is 4.11. The van der Waals surface area contributed by atoms with Crippen LogP contribution in [0.1, 0.15) is 23.6 Å². The minimum Gasteiger partial charge on any atom is -0.270 e. The smallest absolute Gasteiger partial charge is 0.196 e. The first-order valence-corrected chi connectivity index (χ1v) is 10.3. The second-order valence-electron chi connectivity index (χ2n) is 6.49. The second-order valence-corrected chi connectivity index (χ2v) is 7.44. The lowest BCUT2D eigenvalue weighted by Crippen LogP contribution is -2.00. The van der Waals surface area contributed by atoms with Crippen LogP contribution in [0, 0.1) is 11.3 Å². The van der Waals surface area contributed by atoms with Crippen molar-refractivity contribution in [1.29, 1.82) is 5.26 Å². The Morgan fingerprint density at radius 1 is 0.897 bits per heavy atom. The summed E-state index contributed by atoms with van der Waals surface area (Å²) in [5.74, 6) is 1.53. The van der Waals surface area contributed by atoms with Gasteiger partial charge in [0.05, 0.1) is 11.6 Å². The van der Waals surface area contributed by atoms with E-state index >= 15 is 0 Å². The summed E-state index contributed by atoms with van der Waals surface area (Å²) in [6.07, 6.45) is 4.52. The average molecular weight is 398 g/mol. The number of benzene rings is 2. The zero-order chi connectivity index (χ0) is 20.1. The molecule has 0 saturated heterocycles. The lowest BCUT2D eigenvalue weighted by molar-refractivity contribution is 0.885. The molecule has 2 aromatic carbocycles. The highest BCUT2D eigenvalue weighted by atomic mass is 32.2. The Hall–Kier alpha value is -3.43. The molecule has 0 unspecified atom stereocenters. The number of rotatable bonds is 6. The van der Waals surface area contributed by atoms with Gasteiger partial charge in [-0.15, -0.1) is 10.2 Å². The van der Waals surface area contributed by atoms with Gasteiger partial charge in [-0.05, 0) is 53.9 Å². The molecule has 0 bridgehead atoms. The van der Waals surface area contributed by atoms with Gasteiger partial charge in [-0.2, -0.15) is 5.26 Å². The minimum absolute atomic E-state index is 0.665. The van der Waals surface area contributed by atoms with E-state index < -0.39 is 0 Å². The Kier molecular flexibility index (Phi) is 5.68. The Morgan fingerprint density at radius 3 is 2.24 bits per heavy atom. The van der Waals surface area contributed by atoms with Crippen LogP contribution in [-0.2, 0) is 12.2 Å². The Balaban J connectivity index is 1.69. The van der Waals surface area contributed by atoms with E-state index in [4.69, 9.17) is 5.26 Å². The molecule has 0 saturated carbocycles. The van der Waals surface area contributed by atoms with Gasteiger partial charge >= 0.3 is 0 Å². The Morgan fingerprint density at radius 2 is 1.59 bits per heavy atom. The molecule has 4 aromatic rings. The summed E-state index contributed by atoms with van der Waals surface area (Å²) >= 11 is 1.62. The van der Waals surface area contributed by atoms with Crippen molar-refractivity contribution in [3.8, 4) is 23.1 Å². The van der Waals surface area contributed by atoms with Crippen molar-refractivity contribution < 1.29 is 0 Å². The fourth-order valence-corrected chi connectivity index (χ4v) is 3.90. The molecule has 2 aromatic heterocycles. The van der Waals surface area contributed by atoms with Crippen molar-refractivity contribution in [2.24, 2.45) is 0 Å². The molecule has 0 N–H and O–H groups in total. The molecule has 0 amide bonds. The van der Waals surface area contributed by atoms with E-state index in [1.807, 2.05) is 36.4 Å². The van der Waals surface area contributed by atoms with Crippen LogP contribution in [0.2, 0.25) is 0 Å². The third-order valence-corrected chi connectivity index (χ3v) is 5.63. The van der Waals surface area contributed by atoms with E-state index in [0.29, 0.717) is 5.56 Å². The van der Waals surface area contributed by atoms with Gasteiger partial charge in [0.25, 0.3) is 0 Å². The molecule has 5 nitrogen and oxygen atoms in total. The standard InChI is InChI=1S/C23H19N5S/c1-2-17-7-9-21(10-8-17)28-22(20-11-13-25-14-12-20)26-27-23(28)29-16-19-5-3-18(15-24)4-6-19/h3-14H,2,16H2,1H3. The van der Waals surface area contributed by atoms with Crippen LogP contribution in [-0.4, -0.2) is 19.7 Å². The van der Waals surface area contributed by atoms with Crippen molar-refractivity contribution in [2.45, 2.75) is 24.3 Å². The fourth-order valence-electron chi connectivity index (χ4n) is 2.99. The van der Waals surface area contributed by atoms with Crippen LogP contribution >= 0.6 is 11.8 Å². The summed E-state index contributed by atoms with van der Waals surface area (Å²) in [5.41, 5.74) is 5.09. The van der Waals surface area contributed by atoms with Crippen molar-refractivity contribution >= 4 is 11.8 Å². The van der Waals surface area contributed by atoms with Crippen LogP contribution < -0.4 is 0 Å². The summed E-state index contributed by atoms with van der Waals surface area (Å²) in [6.45, 7) is 2.15. The zero-order valence-corrected chi connectivity index (χ0v) is 16.8. The maximum Gasteiger partial charge on any atom is 0.196 e. The first-order valence-electron chi connectivity index (χ1n) is 9.35. The highest BCUT2D eigenvalue weighted by Gasteiger charge is 2.16. The summed E-state index contributed by atoms with van der Waals surface area (Å²) < 4.78 is 2.09. The predicted molar refractivity (Wildman–Crippen MR) is 115 cm³/mol. The SMILES string of the molecule is CCc1ccc(-n2c(SCc3ccc(C#N)cc3)nnc2-c2ccncc2)cc1. The van der Waals surface area contributed by atoms with Gasteiger partial charge in [0.15, 0.2) is 11.0 Å². The number of aryl methyl sites for hydroxylation is 1. The minimum atomic E-state index is 0.665. The molecule has 0 aliphatic carbocycles. The van der Waals surface area contributed by atoms with Crippen molar-refractivity contribution in [2.75, 3.05) is 0 Å². The van der Waals surface area contributed by atoms with Gasteiger partial charge < -0.3 is 0 Å². The molecule has 142 valence electrons. The van der Waals surface area contributed by atoms with Crippen molar-refractivity contribution in [3.05, 3.63) is 89.7 Å². The van der Waals surface area contributed by atoms with Crippen LogP contribution in [0.25, 0.3) is 17.1 Å². The number of hydrogen-bond donors (Lipinski definition) is 0. The molecule has 0 fully saturated rings. The zero-order valence-electron chi connectivity index (χ0n) is 16.0. The number of nitriles is 1. The molecule has 0 aliphatic heterocycles. The van der Waals surface area contributed by atoms with E-state index in [-0.39, 0.29) is 0 Å². The van der Waals surface area contributed by atoms with E-state index in [1.54, 1.807) is 24.2 Å². The van der Waals surface area contributed by atoms with Gasteiger partial charge in [0, 0.05) is 29.4 Å². The first-order chi connectivity index (χ1) is 14.3. The number of pyridine rings is 1. The van der Waals surface area contributed by atoms with Crippen molar-refractivity contribution in [3.63, 3.8) is 0 Å². The maximum absolute atomic E-state index is 8.97. The van der Waals surface area contributed by atoms with Crippen LogP contribution in [0.5, 0.6) is 0 Å². The highest BCUT2D eigenvalue weighted by molar-refractivity contribution is 7.98. The molecule has 0 radical (unpaired) electrons. The quantitative estimate of drug-likeness (QED) is 0.426. The van der Waals surface area contributed by atoms with E-state index in [1.165, 1.54) is 5.56 Å². The molecule has 0 spiro atoms. The normalized spacial score (nSPS) is 10.6. The van der Waals surface area contributed by atoms with Crippen LogP contribution in [0.4, 0.5) is 0 Å². The summed E-state index contributed by atoms with van der Waals surface area (Å²) in [6, 6.07) is 22.2. The summed E-state index contributed by atoms with van der Waals surface area (Å²) in [5, 5.41) is 18.7. The monoisotopic (exact) mass is 397 g/mol. The maximum atomic E-state index is 8.97. The molecule has 6 heteroatoms. The molecular formula is C23H19N5S. The molecule has 4 rings (SSSR count). The van der Waals surface area contributed by atoms with Gasteiger partial charge in [-0.25, -0.2) is 0 Å². The van der Waals surface area contributed by atoms with Crippen molar-refractivity contribution in [1.82, 2.24) is 19.7 Å². The van der Waals surface area contributed by atoms with Gasteiger partial charge in [-0.1, -0.05) is 43.0 Å². The van der Waals surface area contributed by atoms with Gasteiger partial charge in [0.2, 0.25) is 0 Å². The number of aromatic nitrogens is 4. The number of hydrogen-bond acceptors (Lipinski definition) is 5. The predicted octanol–water partition coefficient (Wildman–Crippen LogP) is 5.06. The van der Waals surface area contributed by atoms with Gasteiger partial charge in [-0.3, -0.25) is 9.55 Å². The number of nitrogens with zero attached hydrogens (tertiary/aromatic N) is 5. The molecular weight excluding hydrogens is 378 g/mol. The molecule has 2 heterocycles. The molecule has 0 atom stereocenters. The molecule has 29 heavy (non-hydrogen) atoms. The highest BCUT2D eigenvalue weighted by Crippen LogP contribution is 2.29. The Labute approximate surface area is 174 Å². The second kappa shape index (κ2) is 8.72. The number of thioether (sulfide) groups is 1. The lowest BCUT2D eigenvalue weighted by Gasteiger charge is -2.11. The van der Waals surface area contributed by atoms with E-state index in [9.17, 15) is 0 Å².